The molecule has 0 fully saturated rings. The van der Waals surface area contributed by atoms with Crippen LogP contribution in [0.5, 0.6) is 5.75 Å². The van der Waals surface area contributed by atoms with Gasteiger partial charge in [0.1, 0.15) is 5.75 Å². The Kier molecular flexibility index (Phi) is 5.39. The maximum atomic E-state index is 11.9. The van der Waals surface area contributed by atoms with Crippen molar-refractivity contribution in [1.82, 2.24) is 5.43 Å². The van der Waals surface area contributed by atoms with E-state index in [0.717, 1.165) is 24.4 Å². The van der Waals surface area contributed by atoms with E-state index in [-0.39, 0.29) is 32.7 Å². The zero-order valence-corrected chi connectivity index (χ0v) is 13.8. The molecule has 2 aromatic rings. The van der Waals surface area contributed by atoms with E-state index >= 15 is 0 Å². The van der Waals surface area contributed by atoms with Gasteiger partial charge in [0.2, 0.25) is 0 Å². The van der Waals surface area contributed by atoms with Gasteiger partial charge in [-0.1, -0.05) is 6.07 Å². The number of hydrogen-bond acceptors (Lipinski definition) is 7. The summed E-state index contributed by atoms with van der Waals surface area (Å²) in [7, 11) is 0. The van der Waals surface area contributed by atoms with E-state index in [0.29, 0.717) is 0 Å². The summed E-state index contributed by atoms with van der Waals surface area (Å²) in [6, 6.07) is 7.21. The third-order valence-electron chi connectivity index (χ3n) is 2.98. The molecule has 2 N–H and O–H groups in total. The number of hydrazone groups is 1. The largest absolute Gasteiger partial charge is 0.506 e. The lowest BCUT2D eigenvalue weighted by atomic mass is 10.2. The summed E-state index contributed by atoms with van der Waals surface area (Å²) in [4.78, 5) is 32.1. The number of benzene rings is 2. The minimum atomic E-state index is -0.719. The van der Waals surface area contributed by atoms with E-state index in [9.17, 15) is 30.1 Å². The Hall–Kier alpha value is -3.34. The van der Waals surface area contributed by atoms with Gasteiger partial charge in [-0.2, -0.15) is 5.10 Å². The highest BCUT2D eigenvalue weighted by atomic mass is 79.9. The number of nitro groups is 2. The molecule has 0 saturated carbocycles. The van der Waals surface area contributed by atoms with Crippen LogP contribution in [0.25, 0.3) is 0 Å². The number of nitro benzene ring substituents is 2. The van der Waals surface area contributed by atoms with Crippen molar-refractivity contribution in [2.75, 3.05) is 0 Å². The van der Waals surface area contributed by atoms with Gasteiger partial charge in [-0.05, 0) is 22.0 Å². The lowest BCUT2D eigenvalue weighted by molar-refractivity contribution is -0.385. The number of nitrogens with zero attached hydrogens (tertiary/aromatic N) is 3. The molecule has 0 aliphatic heterocycles. The maximum absolute atomic E-state index is 11.9. The molecule has 10 nitrogen and oxygen atoms in total. The normalized spacial score (nSPS) is 10.6. The molecule has 0 atom stereocenters. The molecular formula is C14H9BrN4O6. The number of phenols is 1. The Balaban J connectivity index is 2.18. The summed E-state index contributed by atoms with van der Waals surface area (Å²) in [5.74, 6) is -1.01. The van der Waals surface area contributed by atoms with Crippen molar-refractivity contribution in [3.63, 3.8) is 0 Å². The van der Waals surface area contributed by atoms with Gasteiger partial charge in [-0.15, -0.1) is 0 Å². The Morgan fingerprint density at radius 2 is 1.84 bits per heavy atom. The quantitative estimate of drug-likeness (QED) is 0.441. The van der Waals surface area contributed by atoms with Gasteiger partial charge in [0.25, 0.3) is 17.3 Å². The molecule has 128 valence electrons. The minimum Gasteiger partial charge on any atom is -0.506 e. The van der Waals surface area contributed by atoms with Gasteiger partial charge >= 0.3 is 0 Å². The van der Waals surface area contributed by atoms with E-state index in [1.165, 1.54) is 18.2 Å². The fourth-order valence-corrected chi connectivity index (χ4v) is 2.26. The lowest BCUT2D eigenvalue weighted by Crippen LogP contribution is -2.17. The van der Waals surface area contributed by atoms with Crippen LogP contribution >= 0.6 is 15.9 Å². The average Bonchev–Trinajstić information content (AvgIpc) is 2.58. The van der Waals surface area contributed by atoms with Crippen LogP contribution in [-0.2, 0) is 0 Å². The number of hydrogen-bond donors (Lipinski definition) is 2. The Labute approximate surface area is 148 Å². The summed E-state index contributed by atoms with van der Waals surface area (Å²) in [5, 5.41) is 34.9. The summed E-state index contributed by atoms with van der Waals surface area (Å²) in [5.41, 5.74) is 1.60. The van der Waals surface area contributed by atoms with E-state index in [4.69, 9.17) is 0 Å². The molecule has 0 aliphatic rings. The number of carbonyl (C=O) groups excluding carboxylic acids is 1. The summed E-state index contributed by atoms with van der Waals surface area (Å²) >= 11 is 2.98. The highest BCUT2D eigenvalue weighted by Gasteiger charge is 2.14. The number of non-ortho nitro benzene ring substituents is 2. The molecule has 0 aromatic heterocycles. The van der Waals surface area contributed by atoms with Crippen molar-refractivity contribution in [2.24, 2.45) is 5.10 Å². The van der Waals surface area contributed by atoms with Crippen LogP contribution in [0.3, 0.4) is 0 Å². The van der Waals surface area contributed by atoms with E-state index < -0.39 is 15.8 Å². The van der Waals surface area contributed by atoms with E-state index in [2.05, 4.69) is 26.5 Å². The standard InChI is InChI=1S/C14H9BrN4O6/c15-12-6-11(19(24)25)5-9(13(12)20)7-16-17-14(21)8-2-1-3-10(4-8)18(22)23/h1-7,20H,(H,17,21)/b16-7+. The number of aromatic hydroxyl groups is 1. The van der Waals surface area contributed by atoms with E-state index in [1.807, 2.05) is 0 Å². The van der Waals surface area contributed by atoms with Crippen molar-refractivity contribution < 1.29 is 19.7 Å². The number of amides is 1. The van der Waals surface area contributed by atoms with Gasteiger partial charge in [0.15, 0.2) is 0 Å². The first-order chi connectivity index (χ1) is 11.8. The Morgan fingerprint density at radius 3 is 2.48 bits per heavy atom. The second-order valence-electron chi connectivity index (χ2n) is 4.63. The van der Waals surface area contributed by atoms with Crippen LogP contribution in [-0.4, -0.2) is 27.1 Å². The summed E-state index contributed by atoms with van der Waals surface area (Å²) < 4.78 is 0.0909. The molecule has 2 aromatic carbocycles. The molecule has 0 saturated heterocycles. The second kappa shape index (κ2) is 7.49. The lowest BCUT2D eigenvalue weighted by Gasteiger charge is -2.03. The first kappa shape index (κ1) is 18.0. The first-order valence-electron chi connectivity index (χ1n) is 6.54. The zero-order valence-electron chi connectivity index (χ0n) is 12.2. The first-order valence-corrected chi connectivity index (χ1v) is 7.33. The van der Waals surface area contributed by atoms with Gasteiger partial charge in [0, 0.05) is 35.4 Å². The van der Waals surface area contributed by atoms with Crippen molar-refractivity contribution in [2.45, 2.75) is 0 Å². The summed E-state index contributed by atoms with van der Waals surface area (Å²) in [6.45, 7) is 0. The predicted octanol–water partition coefficient (Wildman–Crippen LogP) is 2.74. The number of halogens is 1. The molecule has 0 heterocycles. The smallest absolute Gasteiger partial charge is 0.271 e. The highest BCUT2D eigenvalue weighted by Crippen LogP contribution is 2.31. The van der Waals surface area contributed by atoms with Gasteiger partial charge in [-0.25, -0.2) is 5.43 Å². The zero-order chi connectivity index (χ0) is 18.6. The van der Waals surface area contributed by atoms with Crippen LogP contribution in [0, 0.1) is 20.2 Å². The second-order valence-corrected chi connectivity index (χ2v) is 5.48. The third kappa shape index (κ3) is 4.35. The van der Waals surface area contributed by atoms with Crippen molar-refractivity contribution in [3.8, 4) is 5.75 Å². The van der Waals surface area contributed by atoms with Crippen LogP contribution < -0.4 is 5.43 Å². The topological polar surface area (TPSA) is 148 Å². The Morgan fingerprint density at radius 1 is 1.16 bits per heavy atom. The maximum Gasteiger partial charge on any atom is 0.271 e. The number of rotatable bonds is 5. The average molecular weight is 409 g/mol. The molecule has 2 rings (SSSR count). The highest BCUT2D eigenvalue weighted by molar-refractivity contribution is 9.10. The molecule has 11 heteroatoms. The predicted molar refractivity (Wildman–Crippen MR) is 90.6 cm³/mol. The molecule has 0 aliphatic carbocycles. The molecule has 0 unspecified atom stereocenters. The number of phenolic OH excluding ortho intramolecular Hbond substituents is 1. The number of nitrogens with one attached hydrogen (secondary N) is 1. The molecule has 1 amide bonds. The fraction of sp³-hybridized carbons (Fsp3) is 0. The van der Waals surface area contributed by atoms with Gasteiger partial charge in [0.05, 0.1) is 20.5 Å². The van der Waals surface area contributed by atoms with Crippen LogP contribution in [0.4, 0.5) is 11.4 Å². The van der Waals surface area contributed by atoms with E-state index in [1.54, 1.807) is 0 Å². The monoisotopic (exact) mass is 408 g/mol. The van der Waals surface area contributed by atoms with Gasteiger partial charge < -0.3 is 5.11 Å². The molecule has 0 spiro atoms. The molecule has 25 heavy (non-hydrogen) atoms. The molecule has 0 bridgehead atoms. The van der Waals surface area contributed by atoms with Crippen molar-refractivity contribution in [1.29, 1.82) is 0 Å². The van der Waals surface area contributed by atoms with Crippen LogP contribution in [0.15, 0.2) is 46.0 Å². The van der Waals surface area contributed by atoms with Crippen molar-refractivity contribution >= 4 is 39.4 Å². The minimum absolute atomic E-state index is 0.000386. The summed E-state index contributed by atoms with van der Waals surface area (Å²) in [6.07, 6.45) is 1.02. The number of carbonyl (C=O) groups is 1. The fourth-order valence-electron chi connectivity index (χ4n) is 1.79. The molecule has 0 radical (unpaired) electrons. The molecular weight excluding hydrogens is 400 g/mol. The SMILES string of the molecule is O=C(N/N=C/c1cc([N+](=O)[O-])cc(Br)c1O)c1cccc([N+](=O)[O-])c1. The van der Waals surface area contributed by atoms with Crippen molar-refractivity contribution in [3.05, 3.63) is 72.2 Å². The van der Waals surface area contributed by atoms with Crippen LogP contribution in [0.1, 0.15) is 15.9 Å². The Bertz CT molecular complexity index is 899. The van der Waals surface area contributed by atoms with Gasteiger partial charge in [-0.3, -0.25) is 25.0 Å². The third-order valence-corrected chi connectivity index (χ3v) is 3.58. The van der Waals surface area contributed by atoms with Crippen LogP contribution in [0.2, 0.25) is 0 Å².